The van der Waals surface area contributed by atoms with Crippen molar-refractivity contribution >= 4 is 21.8 Å². The summed E-state index contributed by atoms with van der Waals surface area (Å²) in [6, 6.07) is 0.546. The second kappa shape index (κ2) is 3.60. The van der Waals surface area contributed by atoms with E-state index in [0.29, 0.717) is 11.9 Å². The highest BCUT2D eigenvalue weighted by Gasteiger charge is 2.36. The predicted octanol–water partition coefficient (Wildman–Crippen LogP) is 2.17. The molecule has 1 aliphatic heterocycles. The number of hydrogen-bond acceptors (Lipinski definition) is 1. The Kier molecular flexibility index (Phi) is 2.63. The van der Waals surface area contributed by atoms with E-state index >= 15 is 0 Å². The van der Waals surface area contributed by atoms with Crippen LogP contribution in [-0.4, -0.2) is 28.2 Å². The van der Waals surface area contributed by atoms with Gasteiger partial charge < -0.3 is 4.90 Å². The molecule has 0 N–H and O–H groups in total. The first-order chi connectivity index (χ1) is 6.18. The van der Waals surface area contributed by atoms with Crippen LogP contribution >= 0.6 is 15.9 Å². The minimum Gasteiger partial charge on any atom is -0.339 e. The standard InChI is InChI=1S/C10H16BrNO/c1-7-2-3-8(6-7)12-5-4-9(11)10(12)13/h7-9H,2-6H2,1H3. The van der Waals surface area contributed by atoms with E-state index in [2.05, 4.69) is 27.8 Å². The zero-order chi connectivity index (χ0) is 9.42. The molecule has 1 heterocycles. The van der Waals surface area contributed by atoms with E-state index in [0.717, 1.165) is 18.9 Å². The summed E-state index contributed by atoms with van der Waals surface area (Å²) in [5.41, 5.74) is 0. The zero-order valence-corrected chi connectivity index (χ0v) is 9.59. The average Bonchev–Trinajstić information content (AvgIpc) is 2.62. The molecule has 0 bridgehead atoms. The lowest BCUT2D eigenvalue weighted by atomic mass is 10.1. The van der Waals surface area contributed by atoms with Crippen molar-refractivity contribution in [3.63, 3.8) is 0 Å². The third-order valence-corrected chi connectivity index (χ3v) is 4.13. The minimum absolute atomic E-state index is 0.100. The molecule has 0 spiro atoms. The van der Waals surface area contributed by atoms with Crippen molar-refractivity contribution in [3.8, 4) is 0 Å². The molecule has 0 aromatic carbocycles. The molecular weight excluding hydrogens is 230 g/mol. The van der Waals surface area contributed by atoms with Crippen molar-refractivity contribution in [3.05, 3.63) is 0 Å². The summed E-state index contributed by atoms with van der Waals surface area (Å²) in [6.07, 6.45) is 4.71. The fourth-order valence-corrected chi connectivity index (χ4v) is 2.96. The van der Waals surface area contributed by atoms with E-state index in [1.165, 1.54) is 19.3 Å². The molecule has 2 fully saturated rings. The van der Waals surface area contributed by atoms with Gasteiger partial charge in [0.05, 0.1) is 4.83 Å². The van der Waals surface area contributed by atoms with Gasteiger partial charge in [0.2, 0.25) is 5.91 Å². The second-order valence-corrected chi connectivity index (χ2v) is 5.47. The van der Waals surface area contributed by atoms with Gasteiger partial charge in [0.1, 0.15) is 0 Å². The number of rotatable bonds is 1. The monoisotopic (exact) mass is 245 g/mol. The van der Waals surface area contributed by atoms with Gasteiger partial charge in [-0.25, -0.2) is 0 Å². The Balaban J connectivity index is 1.98. The molecule has 74 valence electrons. The Morgan fingerprint density at radius 2 is 2.15 bits per heavy atom. The summed E-state index contributed by atoms with van der Waals surface area (Å²) >= 11 is 3.42. The summed E-state index contributed by atoms with van der Waals surface area (Å²) in [6.45, 7) is 3.25. The van der Waals surface area contributed by atoms with E-state index < -0.39 is 0 Å². The van der Waals surface area contributed by atoms with Crippen LogP contribution in [0.4, 0.5) is 0 Å². The fraction of sp³-hybridized carbons (Fsp3) is 0.900. The molecule has 13 heavy (non-hydrogen) atoms. The van der Waals surface area contributed by atoms with Crippen molar-refractivity contribution in [2.45, 2.75) is 43.5 Å². The van der Waals surface area contributed by atoms with E-state index in [4.69, 9.17) is 0 Å². The molecule has 3 unspecified atom stereocenters. The van der Waals surface area contributed by atoms with Crippen LogP contribution < -0.4 is 0 Å². The fourth-order valence-electron chi connectivity index (χ4n) is 2.49. The number of halogens is 1. The average molecular weight is 246 g/mol. The van der Waals surface area contributed by atoms with E-state index in [1.807, 2.05) is 0 Å². The molecule has 3 heteroatoms. The first-order valence-electron chi connectivity index (χ1n) is 5.13. The lowest BCUT2D eigenvalue weighted by molar-refractivity contribution is -0.129. The summed E-state index contributed by atoms with van der Waals surface area (Å²) in [5, 5.41) is 0. The van der Waals surface area contributed by atoms with Gasteiger partial charge in [-0.1, -0.05) is 22.9 Å². The molecular formula is C10H16BrNO. The molecule has 2 rings (SSSR count). The number of nitrogens with zero attached hydrogens (tertiary/aromatic N) is 1. The van der Waals surface area contributed by atoms with Gasteiger partial charge in [-0.3, -0.25) is 4.79 Å². The van der Waals surface area contributed by atoms with Crippen LogP contribution in [0.2, 0.25) is 0 Å². The van der Waals surface area contributed by atoms with Crippen molar-refractivity contribution in [1.29, 1.82) is 0 Å². The maximum absolute atomic E-state index is 11.7. The zero-order valence-electron chi connectivity index (χ0n) is 8.00. The summed E-state index contributed by atoms with van der Waals surface area (Å²) < 4.78 is 0. The van der Waals surface area contributed by atoms with Gasteiger partial charge in [0.25, 0.3) is 0 Å². The van der Waals surface area contributed by atoms with Crippen LogP contribution in [0.1, 0.15) is 32.6 Å². The lowest BCUT2D eigenvalue weighted by Crippen LogP contribution is -2.36. The van der Waals surface area contributed by atoms with Gasteiger partial charge in [-0.05, 0) is 31.6 Å². The topological polar surface area (TPSA) is 20.3 Å². The maximum atomic E-state index is 11.7. The lowest BCUT2D eigenvalue weighted by Gasteiger charge is -2.23. The smallest absolute Gasteiger partial charge is 0.236 e. The van der Waals surface area contributed by atoms with Crippen molar-refractivity contribution in [2.75, 3.05) is 6.54 Å². The number of carbonyl (C=O) groups is 1. The van der Waals surface area contributed by atoms with Crippen molar-refractivity contribution < 1.29 is 4.79 Å². The van der Waals surface area contributed by atoms with E-state index in [1.54, 1.807) is 0 Å². The van der Waals surface area contributed by atoms with Crippen LogP contribution in [0.3, 0.4) is 0 Å². The summed E-state index contributed by atoms with van der Waals surface area (Å²) in [7, 11) is 0. The molecule has 0 radical (unpaired) electrons. The molecule has 1 saturated carbocycles. The Hall–Kier alpha value is -0.0500. The first kappa shape index (κ1) is 9.50. The molecule has 2 aliphatic rings. The predicted molar refractivity (Wildman–Crippen MR) is 55.8 cm³/mol. The van der Waals surface area contributed by atoms with Gasteiger partial charge in [0.15, 0.2) is 0 Å². The highest BCUT2D eigenvalue weighted by molar-refractivity contribution is 9.10. The largest absolute Gasteiger partial charge is 0.339 e. The van der Waals surface area contributed by atoms with Crippen molar-refractivity contribution in [2.24, 2.45) is 5.92 Å². The highest BCUT2D eigenvalue weighted by Crippen LogP contribution is 2.32. The van der Waals surface area contributed by atoms with Crippen LogP contribution in [-0.2, 0) is 4.79 Å². The molecule has 0 aromatic rings. The Labute approximate surface area is 87.8 Å². The Morgan fingerprint density at radius 3 is 2.62 bits per heavy atom. The number of carbonyl (C=O) groups excluding carboxylic acids is 1. The first-order valence-corrected chi connectivity index (χ1v) is 6.04. The van der Waals surface area contributed by atoms with Gasteiger partial charge >= 0.3 is 0 Å². The minimum atomic E-state index is 0.100. The summed E-state index contributed by atoms with van der Waals surface area (Å²) in [4.78, 5) is 13.9. The SMILES string of the molecule is CC1CCC(N2CCC(Br)C2=O)C1. The van der Waals surface area contributed by atoms with Crippen LogP contribution in [0.25, 0.3) is 0 Å². The molecule has 0 aromatic heterocycles. The molecule has 1 amide bonds. The third-order valence-electron chi connectivity index (χ3n) is 3.28. The quantitative estimate of drug-likeness (QED) is 0.649. The molecule has 2 nitrogen and oxygen atoms in total. The summed E-state index contributed by atoms with van der Waals surface area (Å²) in [5.74, 6) is 1.13. The van der Waals surface area contributed by atoms with Gasteiger partial charge in [-0.15, -0.1) is 0 Å². The number of amides is 1. The second-order valence-electron chi connectivity index (χ2n) is 4.36. The Bertz CT molecular complexity index is 219. The van der Waals surface area contributed by atoms with Crippen LogP contribution in [0.5, 0.6) is 0 Å². The highest BCUT2D eigenvalue weighted by atomic mass is 79.9. The van der Waals surface area contributed by atoms with Crippen molar-refractivity contribution in [1.82, 2.24) is 4.90 Å². The molecule has 1 aliphatic carbocycles. The van der Waals surface area contributed by atoms with Crippen LogP contribution in [0.15, 0.2) is 0 Å². The van der Waals surface area contributed by atoms with Gasteiger partial charge in [0, 0.05) is 12.6 Å². The van der Waals surface area contributed by atoms with Gasteiger partial charge in [-0.2, -0.15) is 0 Å². The number of likely N-dealkylation sites (tertiary alicyclic amines) is 1. The molecule has 1 saturated heterocycles. The Morgan fingerprint density at radius 1 is 1.38 bits per heavy atom. The third kappa shape index (κ3) is 1.76. The normalized spacial score (nSPS) is 40.3. The molecule has 3 atom stereocenters. The van der Waals surface area contributed by atoms with E-state index in [-0.39, 0.29) is 4.83 Å². The number of alkyl halides is 1. The maximum Gasteiger partial charge on any atom is 0.236 e. The van der Waals surface area contributed by atoms with Crippen LogP contribution in [0, 0.1) is 5.92 Å². The van der Waals surface area contributed by atoms with E-state index in [9.17, 15) is 4.79 Å². The number of hydrogen-bond donors (Lipinski definition) is 0.